The first-order valence-electron chi connectivity index (χ1n) is 6.52. The summed E-state index contributed by atoms with van der Waals surface area (Å²) in [7, 11) is 0. The minimum Gasteiger partial charge on any atom is -0.354 e. The molecule has 0 aliphatic carbocycles. The van der Waals surface area contributed by atoms with Crippen molar-refractivity contribution < 1.29 is 0 Å². The molecule has 0 aromatic carbocycles. The zero-order valence-corrected chi connectivity index (χ0v) is 13.1. The quantitative estimate of drug-likeness (QED) is 0.783. The number of hydrogen-bond acceptors (Lipinski definition) is 3. The highest BCUT2D eigenvalue weighted by Gasteiger charge is 2.26. The molecule has 0 unspecified atom stereocenters. The van der Waals surface area contributed by atoms with Crippen LogP contribution in [0.3, 0.4) is 0 Å². The van der Waals surface area contributed by atoms with Crippen molar-refractivity contribution in [2.75, 3.05) is 31.1 Å². The van der Waals surface area contributed by atoms with E-state index in [2.05, 4.69) is 57.6 Å². The Labute approximate surface area is 118 Å². The van der Waals surface area contributed by atoms with Crippen LogP contribution in [0.4, 0.5) is 5.82 Å². The van der Waals surface area contributed by atoms with Crippen molar-refractivity contribution in [3.8, 4) is 0 Å². The molecule has 0 radical (unpaired) electrons. The molecule has 1 fully saturated rings. The molecule has 0 saturated carbocycles. The summed E-state index contributed by atoms with van der Waals surface area (Å²) in [5.41, 5.74) is 1.55. The number of rotatable bonds is 2. The molecule has 0 bridgehead atoms. The van der Waals surface area contributed by atoms with Gasteiger partial charge in [-0.05, 0) is 26.8 Å². The summed E-state index contributed by atoms with van der Waals surface area (Å²) in [6, 6.07) is 4.15. The lowest BCUT2D eigenvalue weighted by molar-refractivity contribution is 0.128. The fraction of sp³-hybridized carbons (Fsp3) is 0.643. The smallest absolute Gasteiger partial charge is 0.132 e. The van der Waals surface area contributed by atoms with E-state index in [4.69, 9.17) is 0 Å². The monoisotopic (exact) mass is 311 g/mol. The van der Waals surface area contributed by atoms with Gasteiger partial charge in [0.2, 0.25) is 0 Å². The largest absolute Gasteiger partial charge is 0.354 e. The Morgan fingerprint density at radius 3 is 2.44 bits per heavy atom. The lowest BCUT2D eigenvalue weighted by Gasteiger charge is -2.42. The second-order valence-electron chi connectivity index (χ2n) is 5.76. The minimum atomic E-state index is 0.272. The fourth-order valence-electron chi connectivity index (χ4n) is 2.41. The first kappa shape index (κ1) is 13.8. The van der Waals surface area contributed by atoms with Crippen LogP contribution in [0, 0.1) is 0 Å². The van der Waals surface area contributed by atoms with Gasteiger partial charge in [0.25, 0.3) is 0 Å². The van der Waals surface area contributed by atoms with E-state index in [9.17, 15) is 0 Å². The summed E-state index contributed by atoms with van der Waals surface area (Å²) in [6.07, 6.45) is 1.89. The van der Waals surface area contributed by atoms with E-state index in [1.54, 1.807) is 0 Å². The maximum atomic E-state index is 4.54. The molecule has 0 atom stereocenters. The van der Waals surface area contributed by atoms with E-state index in [1.165, 1.54) is 5.56 Å². The lowest BCUT2D eigenvalue weighted by Crippen LogP contribution is -2.53. The topological polar surface area (TPSA) is 19.4 Å². The Bertz CT molecular complexity index is 392. The Kier molecular flexibility index (Phi) is 4.28. The lowest BCUT2D eigenvalue weighted by atomic mass is 10.0. The van der Waals surface area contributed by atoms with E-state index >= 15 is 0 Å². The highest BCUT2D eigenvalue weighted by atomic mass is 79.9. The Morgan fingerprint density at radius 2 is 1.89 bits per heavy atom. The third-order valence-electron chi connectivity index (χ3n) is 3.54. The molecule has 4 heteroatoms. The van der Waals surface area contributed by atoms with Gasteiger partial charge >= 0.3 is 0 Å². The number of aromatic nitrogens is 1. The summed E-state index contributed by atoms with van der Waals surface area (Å²) in [5.74, 6) is 1.14. The number of piperazine rings is 1. The van der Waals surface area contributed by atoms with Crippen LogP contribution in [-0.4, -0.2) is 41.6 Å². The number of halogens is 1. The zero-order valence-electron chi connectivity index (χ0n) is 11.5. The third-order valence-corrected chi connectivity index (χ3v) is 4.14. The number of anilines is 1. The van der Waals surface area contributed by atoms with Crippen LogP contribution in [0.25, 0.3) is 0 Å². The molecule has 1 aromatic rings. The van der Waals surface area contributed by atoms with Crippen molar-refractivity contribution in [1.82, 2.24) is 9.88 Å². The van der Waals surface area contributed by atoms with Gasteiger partial charge in [-0.3, -0.25) is 4.90 Å². The molecule has 0 amide bonds. The predicted molar refractivity (Wildman–Crippen MR) is 80.4 cm³/mol. The van der Waals surface area contributed by atoms with Gasteiger partial charge in [0, 0.05) is 48.8 Å². The zero-order chi connectivity index (χ0) is 13.2. The summed E-state index contributed by atoms with van der Waals surface area (Å²) in [4.78, 5) is 9.48. The second kappa shape index (κ2) is 5.57. The highest BCUT2D eigenvalue weighted by Crippen LogP contribution is 2.23. The Balaban J connectivity index is 2.06. The van der Waals surface area contributed by atoms with Gasteiger partial charge in [-0.25, -0.2) is 4.98 Å². The van der Waals surface area contributed by atoms with Crippen LogP contribution in [0.1, 0.15) is 26.3 Å². The summed E-state index contributed by atoms with van der Waals surface area (Å²) in [5, 5.41) is 0.871. The van der Waals surface area contributed by atoms with Crippen molar-refractivity contribution in [3.05, 3.63) is 23.9 Å². The normalized spacial score (nSPS) is 18.1. The molecule has 2 rings (SSSR count). The van der Waals surface area contributed by atoms with Crippen LogP contribution >= 0.6 is 15.9 Å². The summed E-state index contributed by atoms with van der Waals surface area (Å²) >= 11 is 3.54. The Hall–Kier alpha value is -0.610. The minimum absolute atomic E-state index is 0.272. The molecule has 0 spiro atoms. The summed E-state index contributed by atoms with van der Waals surface area (Å²) in [6.45, 7) is 11.2. The van der Waals surface area contributed by atoms with Crippen molar-refractivity contribution >= 4 is 21.7 Å². The first-order valence-corrected chi connectivity index (χ1v) is 7.64. The standard InChI is InChI=1S/C14H22BrN3/c1-14(2,3)18-9-7-17(8-10-18)13-12(11-15)5-4-6-16-13/h4-6H,7-11H2,1-3H3. The van der Waals surface area contributed by atoms with Crippen LogP contribution < -0.4 is 4.90 Å². The van der Waals surface area contributed by atoms with E-state index in [0.29, 0.717) is 0 Å². The van der Waals surface area contributed by atoms with Gasteiger partial charge in [0.1, 0.15) is 5.82 Å². The molecular formula is C14H22BrN3. The van der Waals surface area contributed by atoms with E-state index < -0.39 is 0 Å². The second-order valence-corrected chi connectivity index (χ2v) is 6.33. The van der Waals surface area contributed by atoms with Gasteiger partial charge in [-0.15, -0.1) is 0 Å². The van der Waals surface area contributed by atoms with E-state index in [1.807, 2.05) is 12.3 Å². The van der Waals surface area contributed by atoms with E-state index in [0.717, 1.165) is 37.3 Å². The average Bonchev–Trinajstić information content (AvgIpc) is 2.38. The van der Waals surface area contributed by atoms with Crippen LogP contribution in [0.15, 0.2) is 18.3 Å². The molecule has 1 aromatic heterocycles. The molecule has 1 aliphatic heterocycles. The van der Waals surface area contributed by atoms with Crippen molar-refractivity contribution in [2.24, 2.45) is 0 Å². The molecular weight excluding hydrogens is 290 g/mol. The van der Waals surface area contributed by atoms with Crippen molar-refractivity contribution in [2.45, 2.75) is 31.6 Å². The fourth-order valence-corrected chi connectivity index (χ4v) is 2.85. The van der Waals surface area contributed by atoms with Crippen LogP contribution in [-0.2, 0) is 5.33 Å². The molecule has 1 aliphatic rings. The number of hydrogen-bond donors (Lipinski definition) is 0. The Morgan fingerprint density at radius 1 is 1.22 bits per heavy atom. The van der Waals surface area contributed by atoms with Crippen LogP contribution in [0.2, 0.25) is 0 Å². The van der Waals surface area contributed by atoms with Gasteiger partial charge in [-0.2, -0.15) is 0 Å². The number of alkyl halides is 1. The van der Waals surface area contributed by atoms with Crippen LogP contribution in [0.5, 0.6) is 0 Å². The molecule has 1 saturated heterocycles. The third kappa shape index (κ3) is 3.04. The van der Waals surface area contributed by atoms with Gasteiger partial charge in [0.05, 0.1) is 0 Å². The molecule has 3 nitrogen and oxygen atoms in total. The average molecular weight is 312 g/mol. The summed E-state index contributed by atoms with van der Waals surface area (Å²) < 4.78 is 0. The number of pyridine rings is 1. The SMILES string of the molecule is CC(C)(C)N1CCN(c2ncccc2CBr)CC1. The highest BCUT2D eigenvalue weighted by molar-refractivity contribution is 9.08. The predicted octanol–water partition coefficient (Wildman–Crippen LogP) is 2.90. The number of nitrogens with zero attached hydrogens (tertiary/aromatic N) is 3. The van der Waals surface area contributed by atoms with Gasteiger partial charge in [-0.1, -0.05) is 22.0 Å². The molecule has 0 N–H and O–H groups in total. The van der Waals surface area contributed by atoms with Crippen molar-refractivity contribution in [3.63, 3.8) is 0 Å². The van der Waals surface area contributed by atoms with Crippen molar-refractivity contribution in [1.29, 1.82) is 0 Å². The van der Waals surface area contributed by atoms with Gasteiger partial charge in [0.15, 0.2) is 0 Å². The van der Waals surface area contributed by atoms with E-state index in [-0.39, 0.29) is 5.54 Å². The van der Waals surface area contributed by atoms with Gasteiger partial charge < -0.3 is 4.90 Å². The maximum Gasteiger partial charge on any atom is 0.132 e. The molecule has 100 valence electrons. The first-order chi connectivity index (χ1) is 8.52. The molecule has 2 heterocycles. The maximum absolute atomic E-state index is 4.54. The molecule has 18 heavy (non-hydrogen) atoms.